The van der Waals surface area contributed by atoms with Crippen LogP contribution in [-0.4, -0.2) is 42.3 Å². The van der Waals surface area contributed by atoms with E-state index < -0.39 is 11.8 Å². The molecule has 0 saturated heterocycles. The summed E-state index contributed by atoms with van der Waals surface area (Å²) in [5.41, 5.74) is 0. The minimum absolute atomic E-state index is 0.0197. The standard InChI is InChI=1S/C13H17NO4/c1-14(2)13(18)8-5-9(15)11(10(16)6-8)12(17)7-3-4-7/h7-8,11H,3-6H2,1-2H3. The average molecular weight is 251 g/mol. The molecule has 0 heterocycles. The summed E-state index contributed by atoms with van der Waals surface area (Å²) < 4.78 is 0. The minimum atomic E-state index is -1.08. The Kier molecular flexibility index (Phi) is 3.32. The molecular weight excluding hydrogens is 234 g/mol. The van der Waals surface area contributed by atoms with E-state index >= 15 is 0 Å². The van der Waals surface area contributed by atoms with Crippen LogP contribution in [0.3, 0.4) is 0 Å². The molecule has 0 bridgehead atoms. The van der Waals surface area contributed by atoms with Gasteiger partial charge in [0.05, 0.1) is 5.92 Å². The fourth-order valence-corrected chi connectivity index (χ4v) is 2.43. The zero-order valence-electron chi connectivity index (χ0n) is 10.6. The van der Waals surface area contributed by atoms with Gasteiger partial charge >= 0.3 is 0 Å². The van der Waals surface area contributed by atoms with E-state index in [0.29, 0.717) is 0 Å². The van der Waals surface area contributed by atoms with Crippen molar-refractivity contribution in [1.29, 1.82) is 0 Å². The van der Waals surface area contributed by atoms with Crippen LogP contribution >= 0.6 is 0 Å². The SMILES string of the molecule is CN(C)C(=O)C1CC(=O)C(C(=O)C2CC2)C(=O)C1. The van der Waals surface area contributed by atoms with Gasteiger partial charge in [0.25, 0.3) is 0 Å². The number of hydrogen-bond donors (Lipinski definition) is 0. The summed E-state index contributed by atoms with van der Waals surface area (Å²) in [6, 6.07) is 0. The van der Waals surface area contributed by atoms with Crippen LogP contribution in [0.1, 0.15) is 25.7 Å². The van der Waals surface area contributed by atoms with Crippen LogP contribution in [0.25, 0.3) is 0 Å². The maximum absolute atomic E-state index is 11.9. The second-order valence-corrected chi connectivity index (χ2v) is 5.38. The van der Waals surface area contributed by atoms with Gasteiger partial charge in [0.2, 0.25) is 5.91 Å². The second-order valence-electron chi connectivity index (χ2n) is 5.38. The van der Waals surface area contributed by atoms with Crippen molar-refractivity contribution < 1.29 is 19.2 Å². The number of carbonyl (C=O) groups excluding carboxylic acids is 4. The van der Waals surface area contributed by atoms with E-state index in [4.69, 9.17) is 0 Å². The van der Waals surface area contributed by atoms with Crippen molar-refractivity contribution >= 4 is 23.3 Å². The monoisotopic (exact) mass is 251 g/mol. The Balaban J connectivity index is 2.08. The molecule has 0 aliphatic heterocycles. The Morgan fingerprint density at radius 2 is 1.50 bits per heavy atom. The summed E-state index contributed by atoms with van der Waals surface area (Å²) in [4.78, 5) is 48.8. The maximum Gasteiger partial charge on any atom is 0.226 e. The van der Waals surface area contributed by atoms with Crippen molar-refractivity contribution in [2.75, 3.05) is 14.1 Å². The highest BCUT2D eigenvalue weighted by Crippen LogP contribution is 2.36. The van der Waals surface area contributed by atoms with Crippen LogP contribution in [0.4, 0.5) is 0 Å². The topological polar surface area (TPSA) is 71.5 Å². The van der Waals surface area contributed by atoms with E-state index in [2.05, 4.69) is 0 Å². The summed E-state index contributed by atoms with van der Waals surface area (Å²) in [5, 5.41) is 0. The van der Waals surface area contributed by atoms with Crippen molar-refractivity contribution in [3.8, 4) is 0 Å². The zero-order chi connectivity index (χ0) is 13.4. The van der Waals surface area contributed by atoms with Crippen LogP contribution in [0.5, 0.6) is 0 Å². The van der Waals surface area contributed by atoms with Gasteiger partial charge in [0.15, 0.2) is 17.3 Å². The van der Waals surface area contributed by atoms with Gasteiger partial charge in [-0.2, -0.15) is 0 Å². The lowest BCUT2D eigenvalue weighted by molar-refractivity contribution is -0.149. The molecule has 18 heavy (non-hydrogen) atoms. The Labute approximate surface area is 106 Å². The van der Waals surface area contributed by atoms with E-state index in [0.717, 1.165) is 12.8 Å². The zero-order valence-corrected chi connectivity index (χ0v) is 10.6. The maximum atomic E-state index is 11.9. The molecule has 2 aliphatic rings. The lowest BCUT2D eigenvalue weighted by Crippen LogP contribution is -2.43. The third kappa shape index (κ3) is 2.35. The fourth-order valence-electron chi connectivity index (χ4n) is 2.43. The van der Waals surface area contributed by atoms with Crippen molar-refractivity contribution in [3.63, 3.8) is 0 Å². The Bertz CT molecular complexity index is 405. The number of nitrogens with zero attached hydrogens (tertiary/aromatic N) is 1. The average Bonchev–Trinajstić information content (AvgIpc) is 3.10. The van der Waals surface area contributed by atoms with Gasteiger partial charge in [-0.25, -0.2) is 0 Å². The number of carbonyl (C=O) groups is 4. The molecule has 1 amide bonds. The highest BCUT2D eigenvalue weighted by atomic mass is 16.2. The molecule has 0 spiro atoms. The summed E-state index contributed by atoms with van der Waals surface area (Å²) in [6.07, 6.45) is 1.61. The quantitative estimate of drug-likeness (QED) is 0.673. The molecule has 0 atom stereocenters. The molecule has 0 radical (unpaired) electrons. The first-order valence-corrected chi connectivity index (χ1v) is 6.22. The molecule has 0 aromatic rings. The number of Topliss-reactive ketones (excluding diaryl/α,β-unsaturated/α-hetero) is 3. The van der Waals surface area contributed by atoms with E-state index in [1.807, 2.05) is 0 Å². The van der Waals surface area contributed by atoms with Gasteiger partial charge in [-0.3, -0.25) is 19.2 Å². The van der Waals surface area contributed by atoms with Gasteiger partial charge in [-0.05, 0) is 12.8 Å². The van der Waals surface area contributed by atoms with E-state index in [1.54, 1.807) is 14.1 Å². The molecule has 0 aromatic heterocycles. The molecule has 98 valence electrons. The van der Waals surface area contributed by atoms with Crippen molar-refractivity contribution in [3.05, 3.63) is 0 Å². The van der Waals surface area contributed by atoms with Crippen molar-refractivity contribution in [2.24, 2.45) is 17.8 Å². The van der Waals surface area contributed by atoms with Crippen molar-refractivity contribution in [2.45, 2.75) is 25.7 Å². The van der Waals surface area contributed by atoms with Gasteiger partial charge in [-0.1, -0.05) is 0 Å². The lowest BCUT2D eigenvalue weighted by atomic mass is 9.76. The van der Waals surface area contributed by atoms with Crippen molar-refractivity contribution in [1.82, 2.24) is 4.90 Å². The highest BCUT2D eigenvalue weighted by Gasteiger charge is 2.46. The summed E-state index contributed by atoms with van der Waals surface area (Å²) in [7, 11) is 3.19. The van der Waals surface area contributed by atoms with Crippen LogP contribution in [0.2, 0.25) is 0 Å². The Morgan fingerprint density at radius 1 is 1.00 bits per heavy atom. The normalized spacial score (nSPS) is 28.1. The van der Waals surface area contributed by atoms with Crippen LogP contribution in [-0.2, 0) is 19.2 Å². The summed E-state index contributed by atoms with van der Waals surface area (Å²) >= 11 is 0. The molecule has 5 heteroatoms. The first-order valence-electron chi connectivity index (χ1n) is 6.22. The van der Waals surface area contributed by atoms with E-state index in [-0.39, 0.29) is 42.0 Å². The lowest BCUT2D eigenvalue weighted by Gasteiger charge is -2.26. The molecule has 5 nitrogen and oxygen atoms in total. The fraction of sp³-hybridized carbons (Fsp3) is 0.692. The Morgan fingerprint density at radius 3 is 1.89 bits per heavy atom. The molecule has 0 N–H and O–H groups in total. The first-order chi connectivity index (χ1) is 8.41. The van der Waals surface area contributed by atoms with Crippen LogP contribution in [0.15, 0.2) is 0 Å². The number of ketones is 3. The van der Waals surface area contributed by atoms with Gasteiger partial charge in [-0.15, -0.1) is 0 Å². The molecule has 2 aliphatic carbocycles. The van der Waals surface area contributed by atoms with Crippen LogP contribution in [0, 0.1) is 17.8 Å². The summed E-state index contributed by atoms with van der Waals surface area (Å²) in [5.74, 6) is -2.93. The first kappa shape index (κ1) is 12.9. The molecule has 2 saturated carbocycles. The third-order valence-electron chi connectivity index (χ3n) is 3.59. The minimum Gasteiger partial charge on any atom is -0.349 e. The Hall–Kier alpha value is -1.52. The molecule has 0 unspecified atom stereocenters. The predicted octanol–water partition coefficient (Wildman–Crippen LogP) is 0.218. The summed E-state index contributed by atoms with van der Waals surface area (Å²) in [6.45, 7) is 0. The largest absolute Gasteiger partial charge is 0.349 e. The highest BCUT2D eigenvalue weighted by molar-refractivity contribution is 6.22. The van der Waals surface area contributed by atoms with E-state index in [9.17, 15) is 19.2 Å². The second kappa shape index (κ2) is 4.63. The van der Waals surface area contributed by atoms with E-state index in [1.165, 1.54) is 4.90 Å². The molecule has 2 rings (SSSR count). The molecular formula is C13H17NO4. The number of rotatable bonds is 3. The van der Waals surface area contributed by atoms with Gasteiger partial charge in [0, 0.05) is 32.9 Å². The van der Waals surface area contributed by atoms with Gasteiger partial charge < -0.3 is 4.90 Å². The smallest absolute Gasteiger partial charge is 0.226 e. The predicted molar refractivity (Wildman–Crippen MR) is 62.7 cm³/mol. The third-order valence-corrected chi connectivity index (χ3v) is 3.59. The van der Waals surface area contributed by atoms with Crippen LogP contribution < -0.4 is 0 Å². The molecule has 2 fully saturated rings. The van der Waals surface area contributed by atoms with Gasteiger partial charge in [0.1, 0.15) is 5.92 Å². The number of hydrogen-bond acceptors (Lipinski definition) is 4. The molecule has 0 aromatic carbocycles. The number of amides is 1.